The first-order chi connectivity index (χ1) is 9.11. The van der Waals surface area contributed by atoms with Gasteiger partial charge in [0.1, 0.15) is 0 Å². The quantitative estimate of drug-likeness (QED) is 0.472. The minimum atomic E-state index is -0.960. The number of hydrogen-bond donors (Lipinski definition) is 1. The van der Waals surface area contributed by atoms with Gasteiger partial charge in [0.15, 0.2) is 0 Å². The largest absolute Gasteiger partial charge is 0.478 e. The zero-order chi connectivity index (χ0) is 14.1. The van der Waals surface area contributed by atoms with Gasteiger partial charge in [-0.05, 0) is 17.2 Å². The number of aliphatic carboxylic acids is 1. The average Bonchev–Trinajstić information content (AvgIpc) is 2.41. The highest BCUT2D eigenvalue weighted by Gasteiger charge is 2.00. The van der Waals surface area contributed by atoms with Crippen LogP contribution in [-0.4, -0.2) is 29.9 Å². The SMILES string of the molecule is COC(=O)CCSCc1cccc(/C=C/C(=O)O)c1. The Bertz CT molecular complexity index is 468. The second-order valence-corrected chi connectivity index (χ2v) is 4.90. The van der Waals surface area contributed by atoms with E-state index in [9.17, 15) is 9.59 Å². The number of benzene rings is 1. The average molecular weight is 280 g/mol. The topological polar surface area (TPSA) is 63.6 Å². The van der Waals surface area contributed by atoms with Crippen LogP contribution in [0.15, 0.2) is 30.3 Å². The maximum Gasteiger partial charge on any atom is 0.328 e. The lowest BCUT2D eigenvalue weighted by molar-refractivity contribution is -0.140. The van der Waals surface area contributed by atoms with Crippen LogP contribution in [0.1, 0.15) is 17.5 Å². The number of carboxylic acid groups (broad SMARTS) is 1. The van der Waals surface area contributed by atoms with Crippen molar-refractivity contribution in [2.24, 2.45) is 0 Å². The Hall–Kier alpha value is -1.75. The second-order valence-electron chi connectivity index (χ2n) is 3.80. The Labute approximate surface area is 116 Å². The highest BCUT2D eigenvalue weighted by Crippen LogP contribution is 2.15. The molecule has 102 valence electrons. The van der Waals surface area contributed by atoms with Crippen LogP contribution in [0.4, 0.5) is 0 Å². The molecule has 0 saturated heterocycles. The minimum absolute atomic E-state index is 0.203. The van der Waals surface area contributed by atoms with Crippen LogP contribution in [0.3, 0.4) is 0 Å². The highest BCUT2D eigenvalue weighted by atomic mass is 32.2. The maximum atomic E-state index is 10.9. The molecule has 0 aliphatic heterocycles. The molecule has 1 N–H and O–H groups in total. The Balaban J connectivity index is 2.44. The van der Waals surface area contributed by atoms with Crippen molar-refractivity contribution in [3.8, 4) is 0 Å². The number of thioether (sulfide) groups is 1. The van der Waals surface area contributed by atoms with E-state index in [1.54, 1.807) is 17.8 Å². The van der Waals surface area contributed by atoms with E-state index in [1.807, 2.05) is 24.3 Å². The fraction of sp³-hybridized carbons (Fsp3) is 0.286. The van der Waals surface area contributed by atoms with E-state index in [4.69, 9.17) is 5.11 Å². The fourth-order valence-electron chi connectivity index (χ4n) is 1.40. The summed E-state index contributed by atoms with van der Waals surface area (Å²) in [6.45, 7) is 0. The van der Waals surface area contributed by atoms with E-state index in [0.717, 1.165) is 23.0 Å². The number of esters is 1. The summed E-state index contributed by atoms with van der Waals surface area (Å²) in [7, 11) is 1.38. The van der Waals surface area contributed by atoms with Crippen LogP contribution in [0.5, 0.6) is 0 Å². The molecule has 1 aromatic carbocycles. The first-order valence-corrected chi connectivity index (χ1v) is 6.92. The Morgan fingerprint density at radius 3 is 2.89 bits per heavy atom. The molecule has 0 atom stereocenters. The third-order valence-electron chi connectivity index (χ3n) is 2.32. The molecule has 1 rings (SSSR count). The number of carbonyl (C=O) groups is 2. The monoisotopic (exact) mass is 280 g/mol. The molecule has 0 fully saturated rings. The van der Waals surface area contributed by atoms with Crippen molar-refractivity contribution in [3.63, 3.8) is 0 Å². The summed E-state index contributed by atoms with van der Waals surface area (Å²) in [5.74, 6) is 0.330. The molecule has 5 heteroatoms. The van der Waals surface area contributed by atoms with Crippen molar-refractivity contribution in [2.75, 3.05) is 12.9 Å². The van der Waals surface area contributed by atoms with E-state index in [2.05, 4.69) is 4.74 Å². The molecular weight excluding hydrogens is 264 g/mol. The maximum absolute atomic E-state index is 10.9. The summed E-state index contributed by atoms with van der Waals surface area (Å²) < 4.78 is 4.56. The van der Waals surface area contributed by atoms with Crippen molar-refractivity contribution < 1.29 is 19.4 Å². The number of hydrogen-bond acceptors (Lipinski definition) is 4. The fourth-order valence-corrected chi connectivity index (χ4v) is 2.27. The molecule has 19 heavy (non-hydrogen) atoms. The third kappa shape index (κ3) is 6.67. The van der Waals surface area contributed by atoms with Crippen molar-refractivity contribution in [1.29, 1.82) is 0 Å². The second kappa shape index (κ2) is 8.37. The molecule has 4 nitrogen and oxygen atoms in total. The molecule has 0 heterocycles. The van der Waals surface area contributed by atoms with Crippen molar-refractivity contribution >= 4 is 29.8 Å². The van der Waals surface area contributed by atoms with Crippen molar-refractivity contribution in [3.05, 3.63) is 41.5 Å². The van der Waals surface area contributed by atoms with Crippen molar-refractivity contribution in [2.45, 2.75) is 12.2 Å². The van der Waals surface area contributed by atoms with Gasteiger partial charge in [0.2, 0.25) is 0 Å². The molecule has 0 radical (unpaired) electrons. The van der Waals surface area contributed by atoms with Gasteiger partial charge in [-0.2, -0.15) is 11.8 Å². The van der Waals surface area contributed by atoms with Gasteiger partial charge in [-0.15, -0.1) is 0 Å². The van der Waals surface area contributed by atoms with Gasteiger partial charge in [-0.25, -0.2) is 4.79 Å². The van der Waals surface area contributed by atoms with Gasteiger partial charge in [-0.1, -0.05) is 24.3 Å². The van der Waals surface area contributed by atoms with Crippen LogP contribution in [0.25, 0.3) is 6.08 Å². The van der Waals surface area contributed by atoms with Crippen molar-refractivity contribution in [1.82, 2.24) is 0 Å². The van der Waals surface area contributed by atoms with Crippen LogP contribution < -0.4 is 0 Å². The summed E-state index contributed by atoms with van der Waals surface area (Å²) in [4.78, 5) is 21.4. The van der Waals surface area contributed by atoms with Gasteiger partial charge in [0.05, 0.1) is 13.5 Å². The van der Waals surface area contributed by atoms with E-state index >= 15 is 0 Å². The molecule has 0 bridgehead atoms. The Morgan fingerprint density at radius 2 is 2.21 bits per heavy atom. The van der Waals surface area contributed by atoms with E-state index < -0.39 is 5.97 Å². The van der Waals surface area contributed by atoms with Gasteiger partial charge in [-0.3, -0.25) is 4.79 Å². The summed E-state index contributed by atoms with van der Waals surface area (Å²) in [6.07, 6.45) is 3.08. The standard InChI is InChI=1S/C14H16O4S/c1-18-14(17)7-8-19-10-12-4-2-3-11(9-12)5-6-13(15)16/h2-6,9H,7-8,10H2,1H3,(H,15,16)/b6-5+. The summed E-state index contributed by atoms with van der Waals surface area (Å²) in [5.41, 5.74) is 1.95. The molecule has 0 aliphatic rings. The minimum Gasteiger partial charge on any atom is -0.478 e. The first-order valence-electron chi connectivity index (χ1n) is 5.76. The van der Waals surface area contributed by atoms with Gasteiger partial charge >= 0.3 is 11.9 Å². The lowest BCUT2D eigenvalue weighted by Crippen LogP contribution is -2.01. The van der Waals surface area contributed by atoms with E-state index in [0.29, 0.717) is 12.2 Å². The molecule has 0 amide bonds. The van der Waals surface area contributed by atoms with Crippen LogP contribution >= 0.6 is 11.8 Å². The normalized spacial score (nSPS) is 10.6. The third-order valence-corrected chi connectivity index (χ3v) is 3.35. The summed E-state index contributed by atoms with van der Waals surface area (Å²) >= 11 is 1.64. The summed E-state index contributed by atoms with van der Waals surface area (Å²) in [6, 6.07) is 7.65. The Morgan fingerprint density at radius 1 is 1.42 bits per heavy atom. The number of ether oxygens (including phenoxy) is 1. The van der Waals surface area contributed by atoms with E-state index in [1.165, 1.54) is 7.11 Å². The lowest BCUT2D eigenvalue weighted by Gasteiger charge is -2.03. The molecule has 0 aliphatic carbocycles. The van der Waals surface area contributed by atoms with Crippen LogP contribution in [-0.2, 0) is 20.1 Å². The molecule has 0 spiro atoms. The highest BCUT2D eigenvalue weighted by molar-refractivity contribution is 7.98. The Kier molecular flexibility index (Phi) is 6.74. The molecule has 0 saturated carbocycles. The number of rotatable bonds is 7. The van der Waals surface area contributed by atoms with Crippen LogP contribution in [0.2, 0.25) is 0 Å². The molecular formula is C14H16O4S. The molecule has 1 aromatic rings. The summed E-state index contributed by atoms with van der Waals surface area (Å²) in [5, 5.41) is 8.56. The number of carboxylic acids is 1. The zero-order valence-corrected chi connectivity index (χ0v) is 11.5. The van der Waals surface area contributed by atoms with Gasteiger partial charge in [0, 0.05) is 17.6 Å². The predicted octanol–water partition coefficient (Wildman–Crippen LogP) is 2.58. The zero-order valence-electron chi connectivity index (χ0n) is 10.7. The molecule has 0 unspecified atom stereocenters. The number of methoxy groups -OCH3 is 1. The number of carbonyl (C=O) groups excluding carboxylic acids is 1. The van der Waals surface area contributed by atoms with Gasteiger partial charge < -0.3 is 9.84 Å². The predicted molar refractivity (Wildman–Crippen MR) is 75.9 cm³/mol. The molecule has 0 aromatic heterocycles. The smallest absolute Gasteiger partial charge is 0.328 e. The van der Waals surface area contributed by atoms with Gasteiger partial charge in [0.25, 0.3) is 0 Å². The first kappa shape index (κ1) is 15.3. The van der Waals surface area contributed by atoms with Crippen LogP contribution in [0, 0.1) is 0 Å². The van der Waals surface area contributed by atoms with E-state index in [-0.39, 0.29) is 5.97 Å². The lowest BCUT2D eigenvalue weighted by atomic mass is 10.1.